The summed E-state index contributed by atoms with van der Waals surface area (Å²) in [7, 11) is 0. The number of halogens is 2. The van der Waals surface area contributed by atoms with Crippen molar-refractivity contribution in [2.24, 2.45) is 5.92 Å². The van der Waals surface area contributed by atoms with Crippen LogP contribution in [0.3, 0.4) is 0 Å². The maximum Gasteiger partial charge on any atom is 0.229 e. The van der Waals surface area contributed by atoms with E-state index in [0.29, 0.717) is 23.6 Å². The van der Waals surface area contributed by atoms with Crippen LogP contribution in [0.2, 0.25) is 5.02 Å². The minimum atomic E-state index is -0.449. The van der Waals surface area contributed by atoms with E-state index in [1.54, 1.807) is 6.07 Å². The van der Waals surface area contributed by atoms with E-state index in [1.807, 2.05) is 24.3 Å². The van der Waals surface area contributed by atoms with Gasteiger partial charge in [-0.2, -0.15) is 4.98 Å². The predicted molar refractivity (Wildman–Crippen MR) is 109 cm³/mol. The Morgan fingerprint density at radius 2 is 2.00 bits per heavy atom. The minimum absolute atomic E-state index is 0.0650. The molecule has 0 bridgehead atoms. The van der Waals surface area contributed by atoms with Crippen LogP contribution in [0, 0.1) is 11.7 Å². The number of hydrogen-bond acceptors (Lipinski definition) is 4. The number of aromatic nitrogens is 2. The van der Waals surface area contributed by atoms with Gasteiger partial charge in [0.15, 0.2) is 0 Å². The van der Waals surface area contributed by atoms with Crippen LogP contribution in [-0.2, 0) is 0 Å². The van der Waals surface area contributed by atoms with Gasteiger partial charge in [-0.15, -0.1) is 0 Å². The number of fused-ring (bicyclic) bond motifs is 1. The lowest BCUT2D eigenvalue weighted by Gasteiger charge is -2.34. The maximum atomic E-state index is 13.4. The van der Waals surface area contributed by atoms with Crippen molar-refractivity contribution in [2.75, 3.05) is 10.6 Å². The lowest BCUT2D eigenvalue weighted by atomic mass is 9.79. The van der Waals surface area contributed by atoms with Crippen molar-refractivity contribution in [1.82, 2.24) is 9.97 Å². The van der Waals surface area contributed by atoms with Crippen LogP contribution < -0.4 is 10.6 Å². The molecule has 3 aromatic rings. The highest BCUT2D eigenvalue weighted by atomic mass is 35.5. The van der Waals surface area contributed by atoms with Crippen LogP contribution >= 0.6 is 11.6 Å². The molecular weight excluding hydrogens is 363 g/mol. The summed E-state index contributed by atoms with van der Waals surface area (Å²) >= 11 is 5.88. The Morgan fingerprint density at radius 1 is 1.19 bits per heavy atom. The van der Waals surface area contributed by atoms with Crippen molar-refractivity contribution in [3.8, 4) is 0 Å². The first kappa shape index (κ1) is 18.0. The SMILES string of the molecule is CC[C@@H](Nc1nc(Nc2ccc(F)c(Cl)c2)nc2ccccc12)C1CCC1. The zero-order valence-electron chi connectivity index (χ0n) is 15.2. The van der Waals surface area contributed by atoms with Crippen LogP contribution in [0.15, 0.2) is 42.5 Å². The summed E-state index contributed by atoms with van der Waals surface area (Å²) in [5, 5.41) is 7.85. The molecule has 0 spiro atoms. The van der Waals surface area contributed by atoms with Gasteiger partial charge in [-0.3, -0.25) is 0 Å². The van der Waals surface area contributed by atoms with E-state index >= 15 is 0 Å². The van der Waals surface area contributed by atoms with Gasteiger partial charge in [0.2, 0.25) is 5.95 Å². The molecular formula is C21H22ClFN4. The molecule has 27 heavy (non-hydrogen) atoms. The predicted octanol–water partition coefficient (Wildman–Crippen LogP) is 6.16. The van der Waals surface area contributed by atoms with Gasteiger partial charge in [0.1, 0.15) is 11.6 Å². The smallest absolute Gasteiger partial charge is 0.229 e. The molecule has 0 saturated heterocycles. The van der Waals surface area contributed by atoms with Gasteiger partial charge >= 0.3 is 0 Å². The molecule has 4 rings (SSSR count). The summed E-state index contributed by atoms with van der Waals surface area (Å²) in [6.45, 7) is 2.21. The van der Waals surface area contributed by atoms with E-state index in [1.165, 1.54) is 31.4 Å². The largest absolute Gasteiger partial charge is 0.366 e. The van der Waals surface area contributed by atoms with Gasteiger partial charge in [-0.25, -0.2) is 9.37 Å². The van der Waals surface area contributed by atoms with Gasteiger partial charge in [0, 0.05) is 17.1 Å². The molecule has 1 fully saturated rings. The van der Waals surface area contributed by atoms with Crippen LogP contribution in [-0.4, -0.2) is 16.0 Å². The third kappa shape index (κ3) is 3.83. The zero-order valence-corrected chi connectivity index (χ0v) is 15.9. The van der Waals surface area contributed by atoms with Crippen LogP contribution in [0.1, 0.15) is 32.6 Å². The second-order valence-corrected chi connectivity index (χ2v) is 7.42. The van der Waals surface area contributed by atoms with Gasteiger partial charge in [-0.1, -0.05) is 37.1 Å². The summed E-state index contributed by atoms with van der Waals surface area (Å²) in [6, 6.07) is 12.8. The monoisotopic (exact) mass is 384 g/mol. The average Bonchev–Trinajstić information content (AvgIpc) is 2.62. The maximum absolute atomic E-state index is 13.4. The zero-order chi connectivity index (χ0) is 18.8. The van der Waals surface area contributed by atoms with E-state index in [0.717, 1.165) is 23.1 Å². The summed E-state index contributed by atoms with van der Waals surface area (Å²) in [6.07, 6.45) is 4.91. The average molecular weight is 385 g/mol. The third-order valence-electron chi connectivity index (χ3n) is 5.26. The van der Waals surface area contributed by atoms with Crippen LogP contribution in [0.5, 0.6) is 0 Å². The topological polar surface area (TPSA) is 49.8 Å². The standard InChI is InChI=1S/C21H22ClFN4/c1-2-18(13-6-5-7-13)25-20-15-8-3-4-9-19(15)26-21(27-20)24-14-10-11-17(23)16(22)12-14/h3-4,8-13,18H,2,5-7H2,1H3,(H2,24,25,26,27)/t18-/m1/s1. The van der Waals surface area contributed by atoms with E-state index in [9.17, 15) is 4.39 Å². The molecule has 2 N–H and O–H groups in total. The van der Waals surface area contributed by atoms with Crippen molar-refractivity contribution in [3.63, 3.8) is 0 Å². The Balaban J connectivity index is 1.68. The fraction of sp³-hybridized carbons (Fsp3) is 0.333. The molecule has 1 aliphatic carbocycles. The fourth-order valence-corrected chi connectivity index (χ4v) is 3.70. The number of nitrogens with one attached hydrogen (secondary N) is 2. The molecule has 6 heteroatoms. The molecule has 1 heterocycles. The summed E-state index contributed by atoms with van der Waals surface area (Å²) in [5.74, 6) is 1.55. The first-order valence-corrected chi connectivity index (χ1v) is 9.77. The van der Waals surface area contributed by atoms with Crippen molar-refractivity contribution in [1.29, 1.82) is 0 Å². The Labute approximate surface area is 163 Å². The number of benzene rings is 2. The van der Waals surface area contributed by atoms with Crippen LogP contribution in [0.4, 0.5) is 21.8 Å². The highest BCUT2D eigenvalue weighted by molar-refractivity contribution is 6.31. The van der Waals surface area contributed by atoms with Gasteiger partial charge in [0.25, 0.3) is 0 Å². The second kappa shape index (κ2) is 7.69. The normalized spacial score (nSPS) is 15.4. The van der Waals surface area contributed by atoms with Crippen molar-refractivity contribution in [2.45, 2.75) is 38.6 Å². The number of anilines is 3. The first-order chi connectivity index (χ1) is 13.1. The summed E-state index contributed by atoms with van der Waals surface area (Å²) < 4.78 is 13.4. The Bertz CT molecular complexity index is 958. The van der Waals surface area contributed by atoms with Crippen LogP contribution in [0.25, 0.3) is 10.9 Å². The quantitative estimate of drug-likeness (QED) is 0.534. The number of nitrogens with zero attached hydrogens (tertiary/aromatic N) is 2. The van der Waals surface area contributed by atoms with Gasteiger partial charge < -0.3 is 10.6 Å². The van der Waals surface area contributed by atoms with E-state index in [4.69, 9.17) is 16.6 Å². The molecule has 0 aliphatic heterocycles. The highest BCUT2D eigenvalue weighted by Crippen LogP contribution is 2.34. The molecule has 1 aromatic heterocycles. The second-order valence-electron chi connectivity index (χ2n) is 7.02. The lowest BCUT2D eigenvalue weighted by molar-refractivity contribution is 0.270. The molecule has 4 nitrogen and oxygen atoms in total. The Morgan fingerprint density at radius 3 is 2.70 bits per heavy atom. The molecule has 0 radical (unpaired) electrons. The minimum Gasteiger partial charge on any atom is -0.366 e. The molecule has 1 atom stereocenters. The lowest BCUT2D eigenvalue weighted by Crippen LogP contribution is -2.33. The van der Waals surface area contributed by atoms with Crippen molar-refractivity contribution >= 4 is 40.0 Å². The van der Waals surface area contributed by atoms with E-state index < -0.39 is 5.82 Å². The molecule has 2 aromatic carbocycles. The third-order valence-corrected chi connectivity index (χ3v) is 5.55. The molecule has 1 aliphatic rings. The van der Waals surface area contributed by atoms with E-state index in [2.05, 4.69) is 22.5 Å². The molecule has 0 amide bonds. The number of para-hydroxylation sites is 1. The highest BCUT2D eigenvalue weighted by Gasteiger charge is 2.26. The number of rotatable bonds is 6. The summed E-state index contributed by atoms with van der Waals surface area (Å²) in [4.78, 5) is 9.30. The molecule has 140 valence electrons. The van der Waals surface area contributed by atoms with Gasteiger partial charge in [-0.05, 0) is 55.5 Å². The Kier molecular flexibility index (Phi) is 5.12. The fourth-order valence-electron chi connectivity index (χ4n) is 3.52. The summed E-state index contributed by atoms with van der Waals surface area (Å²) in [5.41, 5.74) is 1.50. The van der Waals surface area contributed by atoms with Gasteiger partial charge in [0.05, 0.1) is 10.5 Å². The van der Waals surface area contributed by atoms with Crippen molar-refractivity contribution in [3.05, 3.63) is 53.3 Å². The molecule has 0 unspecified atom stereocenters. The molecule has 1 saturated carbocycles. The number of hydrogen-bond donors (Lipinski definition) is 2. The van der Waals surface area contributed by atoms with Crippen molar-refractivity contribution < 1.29 is 4.39 Å². The van der Waals surface area contributed by atoms with E-state index in [-0.39, 0.29) is 5.02 Å². The first-order valence-electron chi connectivity index (χ1n) is 9.39. The Hall–Kier alpha value is -2.40.